The second-order valence-corrected chi connectivity index (χ2v) is 6.68. The second kappa shape index (κ2) is 6.57. The predicted molar refractivity (Wildman–Crippen MR) is 89.6 cm³/mol. The lowest BCUT2D eigenvalue weighted by atomic mass is 10.0. The number of carbonyl (C=O) groups excluding carboxylic acids is 1. The number of likely N-dealkylation sites (N-methyl/N-ethyl adjacent to an activating group) is 1. The molecule has 2 aliphatic heterocycles. The van der Waals surface area contributed by atoms with E-state index in [1.807, 2.05) is 7.05 Å². The maximum absolute atomic E-state index is 13.1. The lowest BCUT2D eigenvalue weighted by molar-refractivity contribution is -0.0231. The van der Waals surface area contributed by atoms with E-state index >= 15 is 0 Å². The minimum atomic E-state index is -0.278. The average Bonchev–Trinajstić information content (AvgIpc) is 3.05. The highest BCUT2D eigenvalue weighted by Gasteiger charge is 2.31. The van der Waals surface area contributed by atoms with E-state index in [0.717, 1.165) is 36.3 Å². The summed E-state index contributed by atoms with van der Waals surface area (Å²) < 4.78 is 18.9. The van der Waals surface area contributed by atoms with Crippen molar-refractivity contribution in [2.75, 3.05) is 33.3 Å². The Labute approximate surface area is 145 Å². The molecule has 3 heterocycles. The molecule has 25 heavy (non-hydrogen) atoms. The number of aromatic amines is 1. The number of fused-ring (bicyclic) bond motifs is 1. The highest BCUT2D eigenvalue weighted by Crippen LogP contribution is 2.25. The van der Waals surface area contributed by atoms with Gasteiger partial charge in [0, 0.05) is 37.3 Å². The minimum Gasteiger partial charge on any atom is -0.370 e. The zero-order chi connectivity index (χ0) is 17.4. The van der Waals surface area contributed by atoms with E-state index in [1.165, 1.54) is 12.1 Å². The Bertz CT molecular complexity index is 774. The smallest absolute Gasteiger partial charge is 0.274 e. The van der Waals surface area contributed by atoms with Gasteiger partial charge in [-0.25, -0.2) is 4.39 Å². The molecule has 2 aliphatic rings. The van der Waals surface area contributed by atoms with E-state index in [2.05, 4.69) is 15.1 Å². The molecule has 132 valence electrons. The van der Waals surface area contributed by atoms with Crippen LogP contribution in [0.2, 0.25) is 0 Å². The number of hydrogen-bond acceptors (Lipinski definition) is 4. The highest BCUT2D eigenvalue weighted by atomic mass is 19.1. The number of hydrogen-bond donors (Lipinski definition) is 1. The quantitative estimate of drug-likeness (QED) is 0.902. The summed E-state index contributed by atoms with van der Waals surface area (Å²) in [6.45, 7) is 3.14. The average molecular weight is 344 g/mol. The molecular formula is C18H21FN4O2. The van der Waals surface area contributed by atoms with Gasteiger partial charge in [0.25, 0.3) is 5.91 Å². The Morgan fingerprint density at radius 2 is 2.12 bits per heavy atom. The molecule has 2 aromatic rings. The normalized spacial score (nSPS) is 21.2. The van der Waals surface area contributed by atoms with E-state index in [0.29, 0.717) is 25.4 Å². The summed E-state index contributed by atoms with van der Waals surface area (Å²) in [5.41, 5.74) is 3.46. The van der Waals surface area contributed by atoms with Crippen LogP contribution in [0.25, 0.3) is 0 Å². The summed E-state index contributed by atoms with van der Waals surface area (Å²) in [5, 5.41) is 7.30. The van der Waals surface area contributed by atoms with Gasteiger partial charge in [-0.05, 0) is 24.7 Å². The van der Waals surface area contributed by atoms with Gasteiger partial charge in [-0.2, -0.15) is 5.10 Å². The number of benzene rings is 1. The van der Waals surface area contributed by atoms with Crippen LogP contribution in [0.5, 0.6) is 0 Å². The third kappa shape index (κ3) is 3.17. The van der Waals surface area contributed by atoms with E-state index in [9.17, 15) is 9.18 Å². The zero-order valence-corrected chi connectivity index (χ0v) is 14.2. The Morgan fingerprint density at radius 3 is 2.92 bits per heavy atom. The van der Waals surface area contributed by atoms with E-state index in [4.69, 9.17) is 4.74 Å². The molecule has 1 N–H and O–H groups in total. The first-order chi connectivity index (χ1) is 12.1. The van der Waals surface area contributed by atoms with Crippen molar-refractivity contribution < 1.29 is 13.9 Å². The number of aromatic nitrogens is 2. The maximum atomic E-state index is 13.1. The molecule has 1 amide bonds. The van der Waals surface area contributed by atoms with Gasteiger partial charge in [0.2, 0.25) is 0 Å². The van der Waals surface area contributed by atoms with Gasteiger partial charge in [0.05, 0.1) is 13.2 Å². The second-order valence-electron chi connectivity index (χ2n) is 6.68. The Hall–Kier alpha value is -2.25. The first-order valence-electron chi connectivity index (χ1n) is 8.53. The molecule has 6 nitrogen and oxygen atoms in total. The summed E-state index contributed by atoms with van der Waals surface area (Å²) in [6, 6.07) is 6.25. The molecule has 1 saturated heterocycles. The molecule has 0 bridgehead atoms. The van der Waals surface area contributed by atoms with Crippen molar-refractivity contribution in [2.24, 2.45) is 0 Å². The molecule has 1 aromatic heterocycles. The molecule has 1 atom stereocenters. The standard InChI is InChI=1S/C18H21FN4O2/c1-22-7-6-15-14(10-22)17(21-20-15)18(24)23-8-9-25-16(11-23)12-2-4-13(19)5-3-12/h2-5,16H,6-11H2,1H3,(H,20,21). The third-order valence-electron chi connectivity index (χ3n) is 4.92. The molecule has 1 unspecified atom stereocenters. The number of amides is 1. The molecule has 0 spiro atoms. The predicted octanol–water partition coefficient (Wildman–Crippen LogP) is 1.75. The number of nitrogens with zero attached hydrogens (tertiary/aromatic N) is 3. The summed E-state index contributed by atoms with van der Waals surface area (Å²) in [7, 11) is 2.05. The van der Waals surface area contributed by atoms with Crippen LogP contribution in [-0.2, 0) is 17.7 Å². The third-order valence-corrected chi connectivity index (χ3v) is 4.92. The lowest BCUT2D eigenvalue weighted by Gasteiger charge is -2.33. The van der Waals surface area contributed by atoms with Crippen molar-refractivity contribution in [2.45, 2.75) is 19.1 Å². The minimum absolute atomic E-state index is 0.0665. The van der Waals surface area contributed by atoms with Gasteiger partial charge in [0.1, 0.15) is 11.9 Å². The van der Waals surface area contributed by atoms with Crippen molar-refractivity contribution in [1.29, 1.82) is 0 Å². The van der Waals surface area contributed by atoms with E-state index < -0.39 is 0 Å². The summed E-state index contributed by atoms with van der Waals surface area (Å²) in [5.74, 6) is -0.344. The van der Waals surface area contributed by atoms with Gasteiger partial charge >= 0.3 is 0 Å². The summed E-state index contributed by atoms with van der Waals surface area (Å²) in [6.07, 6.45) is 0.642. The largest absolute Gasteiger partial charge is 0.370 e. The fraction of sp³-hybridized carbons (Fsp3) is 0.444. The SMILES string of the molecule is CN1CCc2[nH]nc(C(=O)N3CCOC(c4ccc(F)cc4)C3)c2C1. The van der Waals surface area contributed by atoms with Crippen molar-refractivity contribution in [3.8, 4) is 0 Å². The number of ether oxygens (including phenoxy) is 1. The molecule has 1 aromatic carbocycles. The first-order valence-corrected chi connectivity index (χ1v) is 8.53. The van der Waals surface area contributed by atoms with Crippen LogP contribution >= 0.6 is 0 Å². The molecule has 0 radical (unpaired) electrons. The number of morpholine rings is 1. The molecular weight excluding hydrogens is 323 g/mol. The van der Waals surface area contributed by atoms with E-state index in [-0.39, 0.29) is 17.8 Å². The molecule has 0 saturated carbocycles. The maximum Gasteiger partial charge on any atom is 0.274 e. The highest BCUT2D eigenvalue weighted by molar-refractivity contribution is 5.94. The fourth-order valence-electron chi connectivity index (χ4n) is 3.47. The van der Waals surface area contributed by atoms with Crippen LogP contribution in [0.3, 0.4) is 0 Å². The molecule has 4 rings (SSSR count). The molecule has 0 aliphatic carbocycles. The van der Waals surface area contributed by atoms with Gasteiger partial charge in [-0.1, -0.05) is 12.1 Å². The van der Waals surface area contributed by atoms with Gasteiger partial charge in [-0.15, -0.1) is 0 Å². The van der Waals surface area contributed by atoms with Gasteiger partial charge in [0.15, 0.2) is 5.69 Å². The lowest BCUT2D eigenvalue weighted by Crippen LogP contribution is -2.43. The monoisotopic (exact) mass is 344 g/mol. The summed E-state index contributed by atoms with van der Waals surface area (Å²) >= 11 is 0. The van der Waals surface area contributed by atoms with Crippen LogP contribution in [0.1, 0.15) is 33.4 Å². The van der Waals surface area contributed by atoms with Crippen molar-refractivity contribution >= 4 is 5.91 Å². The molecule has 7 heteroatoms. The number of nitrogens with one attached hydrogen (secondary N) is 1. The van der Waals surface area contributed by atoms with Crippen LogP contribution in [0.4, 0.5) is 4.39 Å². The Balaban J connectivity index is 1.52. The number of halogens is 1. The van der Waals surface area contributed by atoms with Crippen LogP contribution in [0, 0.1) is 5.82 Å². The van der Waals surface area contributed by atoms with Crippen molar-refractivity contribution in [3.63, 3.8) is 0 Å². The van der Waals surface area contributed by atoms with Crippen LogP contribution < -0.4 is 0 Å². The Kier molecular flexibility index (Phi) is 4.27. The zero-order valence-electron chi connectivity index (χ0n) is 14.2. The van der Waals surface area contributed by atoms with Crippen molar-refractivity contribution in [3.05, 3.63) is 52.6 Å². The first kappa shape index (κ1) is 16.2. The van der Waals surface area contributed by atoms with Gasteiger partial charge in [-0.3, -0.25) is 9.89 Å². The van der Waals surface area contributed by atoms with Crippen LogP contribution in [-0.4, -0.2) is 59.2 Å². The van der Waals surface area contributed by atoms with Crippen molar-refractivity contribution in [1.82, 2.24) is 20.0 Å². The number of H-pyrrole nitrogens is 1. The van der Waals surface area contributed by atoms with E-state index in [1.54, 1.807) is 17.0 Å². The molecule has 1 fully saturated rings. The van der Waals surface area contributed by atoms with Crippen LogP contribution in [0.15, 0.2) is 24.3 Å². The number of carbonyl (C=O) groups is 1. The topological polar surface area (TPSA) is 61.5 Å². The fourth-order valence-corrected chi connectivity index (χ4v) is 3.47. The van der Waals surface area contributed by atoms with Gasteiger partial charge < -0.3 is 14.5 Å². The number of rotatable bonds is 2. The Morgan fingerprint density at radius 1 is 1.32 bits per heavy atom. The summed E-state index contributed by atoms with van der Waals surface area (Å²) in [4.78, 5) is 16.9.